The predicted octanol–water partition coefficient (Wildman–Crippen LogP) is 3.92. The molecule has 0 bridgehead atoms. The fourth-order valence-electron chi connectivity index (χ4n) is 2.05. The number of carbonyl (C=O) groups excluding carboxylic acids is 1. The maximum absolute atomic E-state index is 13.5. The molecule has 1 heterocycles. The van der Waals surface area contributed by atoms with Crippen LogP contribution in [-0.4, -0.2) is 16.2 Å². The summed E-state index contributed by atoms with van der Waals surface area (Å²) in [4.78, 5) is 11.8. The molecule has 0 aliphatic carbocycles. The average Bonchev–Trinajstić information content (AvgIpc) is 3.04. The van der Waals surface area contributed by atoms with Crippen molar-refractivity contribution in [3.63, 3.8) is 0 Å². The summed E-state index contributed by atoms with van der Waals surface area (Å²) in [5.41, 5.74) is 1.02. The minimum atomic E-state index is -0.569. The summed E-state index contributed by atoms with van der Waals surface area (Å²) in [5, 5.41) is 7.77. The molecule has 0 saturated carbocycles. The Labute approximate surface area is 145 Å². The first-order valence-electron chi connectivity index (χ1n) is 7.10. The van der Waals surface area contributed by atoms with E-state index in [1.165, 1.54) is 12.1 Å². The Hall–Kier alpha value is -2.54. The lowest BCUT2D eigenvalue weighted by molar-refractivity contribution is -0.144. The summed E-state index contributed by atoms with van der Waals surface area (Å²) in [6.07, 6.45) is -0.155. The number of carbonyl (C=O) groups is 1. The van der Waals surface area contributed by atoms with E-state index >= 15 is 0 Å². The highest BCUT2D eigenvalue weighted by molar-refractivity contribution is 9.10. The Morgan fingerprint density at radius 1 is 1.12 bits per heavy atom. The van der Waals surface area contributed by atoms with Crippen LogP contribution in [0.15, 0.2) is 57.4 Å². The molecule has 5 nitrogen and oxygen atoms in total. The molecular formula is C17H12BrFN2O3. The molecule has 0 amide bonds. The highest BCUT2D eigenvalue weighted by atomic mass is 79.9. The quantitative estimate of drug-likeness (QED) is 0.617. The number of halogens is 2. The Morgan fingerprint density at radius 3 is 2.67 bits per heavy atom. The van der Waals surface area contributed by atoms with E-state index in [2.05, 4.69) is 26.1 Å². The number of rotatable bonds is 5. The van der Waals surface area contributed by atoms with Crippen LogP contribution in [0.25, 0.3) is 11.5 Å². The average molecular weight is 391 g/mol. The van der Waals surface area contributed by atoms with Crippen molar-refractivity contribution in [2.75, 3.05) is 0 Å². The topological polar surface area (TPSA) is 65.2 Å². The molecule has 0 unspecified atom stereocenters. The number of nitrogens with zero attached hydrogens (tertiary/aromatic N) is 2. The lowest BCUT2D eigenvalue weighted by Crippen LogP contribution is -2.09. The molecule has 7 heteroatoms. The number of esters is 1. The maximum atomic E-state index is 13.5. The van der Waals surface area contributed by atoms with Gasteiger partial charge in [0.15, 0.2) is 6.61 Å². The molecule has 1 aromatic heterocycles. The Morgan fingerprint density at radius 2 is 1.88 bits per heavy atom. The summed E-state index contributed by atoms with van der Waals surface area (Å²) < 4.78 is 24.8. The number of hydrogen-bond donors (Lipinski definition) is 0. The van der Waals surface area contributed by atoms with Crippen LogP contribution in [0.1, 0.15) is 11.5 Å². The van der Waals surface area contributed by atoms with Gasteiger partial charge in [0.1, 0.15) is 5.82 Å². The van der Waals surface area contributed by atoms with Crippen LogP contribution in [-0.2, 0) is 22.6 Å². The van der Waals surface area contributed by atoms with Crippen LogP contribution in [0, 0.1) is 5.82 Å². The normalized spacial score (nSPS) is 10.6. The van der Waals surface area contributed by atoms with Crippen molar-refractivity contribution in [3.8, 4) is 11.5 Å². The van der Waals surface area contributed by atoms with E-state index in [0.717, 1.165) is 10.0 Å². The molecule has 0 aliphatic rings. The molecule has 0 atom stereocenters. The van der Waals surface area contributed by atoms with Gasteiger partial charge < -0.3 is 9.15 Å². The maximum Gasteiger partial charge on any atom is 0.310 e. The second-order valence-corrected chi connectivity index (χ2v) is 5.76. The molecule has 0 radical (unpaired) electrons. The first-order chi connectivity index (χ1) is 11.6. The van der Waals surface area contributed by atoms with Crippen molar-refractivity contribution in [3.05, 3.63) is 70.3 Å². The van der Waals surface area contributed by atoms with Crippen molar-refractivity contribution in [1.29, 1.82) is 0 Å². The first-order valence-corrected chi connectivity index (χ1v) is 7.89. The van der Waals surface area contributed by atoms with Crippen molar-refractivity contribution < 1.29 is 18.3 Å². The highest BCUT2D eigenvalue weighted by Gasteiger charge is 2.14. The molecule has 0 fully saturated rings. The summed E-state index contributed by atoms with van der Waals surface area (Å²) in [5.74, 6) is -0.519. The minimum Gasteiger partial charge on any atom is -0.455 e. The van der Waals surface area contributed by atoms with Gasteiger partial charge in [-0.3, -0.25) is 4.79 Å². The van der Waals surface area contributed by atoms with E-state index < -0.39 is 11.8 Å². The second kappa shape index (κ2) is 7.35. The first kappa shape index (κ1) is 16.3. The summed E-state index contributed by atoms with van der Waals surface area (Å²) in [7, 11) is 0. The van der Waals surface area contributed by atoms with Crippen LogP contribution >= 0.6 is 15.9 Å². The van der Waals surface area contributed by atoms with Crippen LogP contribution in [0.5, 0.6) is 0 Å². The van der Waals surface area contributed by atoms with Crippen LogP contribution in [0.2, 0.25) is 0 Å². The van der Waals surface area contributed by atoms with Crippen molar-refractivity contribution in [2.45, 2.75) is 13.0 Å². The lowest BCUT2D eigenvalue weighted by atomic mass is 10.1. The van der Waals surface area contributed by atoms with Gasteiger partial charge in [0.25, 0.3) is 5.89 Å². The molecular weight excluding hydrogens is 379 g/mol. The third kappa shape index (κ3) is 3.86. The molecule has 0 aliphatic heterocycles. The van der Waals surface area contributed by atoms with Crippen molar-refractivity contribution in [1.82, 2.24) is 10.2 Å². The fourth-order valence-corrected chi connectivity index (χ4v) is 2.50. The lowest BCUT2D eigenvalue weighted by Gasteiger charge is -2.03. The van der Waals surface area contributed by atoms with Gasteiger partial charge in [-0.25, -0.2) is 4.39 Å². The van der Waals surface area contributed by atoms with E-state index in [-0.39, 0.29) is 24.5 Å². The van der Waals surface area contributed by atoms with Gasteiger partial charge in [0, 0.05) is 4.47 Å². The Balaban J connectivity index is 1.61. The molecule has 0 saturated heterocycles. The van der Waals surface area contributed by atoms with Gasteiger partial charge in [-0.05, 0) is 39.7 Å². The van der Waals surface area contributed by atoms with Crippen molar-refractivity contribution >= 4 is 21.9 Å². The van der Waals surface area contributed by atoms with E-state index in [0.29, 0.717) is 5.89 Å². The monoisotopic (exact) mass is 390 g/mol. The zero-order valence-corrected chi connectivity index (χ0v) is 14.0. The Bertz CT molecular complexity index is 866. The van der Waals surface area contributed by atoms with Gasteiger partial charge in [-0.1, -0.05) is 30.3 Å². The van der Waals surface area contributed by atoms with Gasteiger partial charge in [-0.2, -0.15) is 0 Å². The van der Waals surface area contributed by atoms with Crippen LogP contribution in [0.3, 0.4) is 0 Å². The molecule has 3 rings (SSSR count). The highest BCUT2D eigenvalue weighted by Crippen LogP contribution is 2.26. The number of benzene rings is 2. The van der Waals surface area contributed by atoms with Crippen LogP contribution in [0.4, 0.5) is 4.39 Å². The Kier molecular flexibility index (Phi) is 5.00. The van der Waals surface area contributed by atoms with Crippen molar-refractivity contribution in [2.24, 2.45) is 0 Å². The van der Waals surface area contributed by atoms with Crippen LogP contribution < -0.4 is 0 Å². The molecule has 0 spiro atoms. The second-order valence-electron chi connectivity index (χ2n) is 4.91. The molecule has 0 N–H and O–H groups in total. The van der Waals surface area contributed by atoms with Gasteiger partial charge in [0.05, 0.1) is 12.0 Å². The predicted molar refractivity (Wildman–Crippen MR) is 87.3 cm³/mol. The third-order valence-electron chi connectivity index (χ3n) is 3.22. The van der Waals surface area contributed by atoms with E-state index in [1.54, 1.807) is 12.1 Å². The number of ether oxygens (including phenoxy) is 1. The smallest absolute Gasteiger partial charge is 0.310 e. The number of hydrogen-bond acceptors (Lipinski definition) is 5. The summed E-state index contributed by atoms with van der Waals surface area (Å²) >= 11 is 3.40. The summed E-state index contributed by atoms with van der Waals surface area (Å²) in [6.45, 7) is -0.162. The largest absolute Gasteiger partial charge is 0.455 e. The molecule has 2 aromatic carbocycles. The zero-order valence-electron chi connectivity index (χ0n) is 12.4. The van der Waals surface area contributed by atoms with Gasteiger partial charge >= 0.3 is 5.97 Å². The standard InChI is InChI=1S/C17H12BrFN2O3/c18-13-7-3-2-6-12(13)17-21-20-15(24-17)10-23-16(22)9-11-5-1-4-8-14(11)19/h1-8H,9-10H2. The van der Waals surface area contributed by atoms with E-state index in [9.17, 15) is 9.18 Å². The van der Waals surface area contributed by atoms with E-state index in [1.807, 2.05) is 24.3 Å². The minimum absolute atomic E-state index is 0.155. The fraction of sp³-hybridized carbons (Fsp3) is 0.118. The van der Waals surface area contributed by atoms with Gasteiger partial charge in [0.2, 0.25) is 5.89 Å². The molecule has 3 aromatic rings. The number of aromatic nitrogens is 2. The molecule has 24 heavy (non-hydrogen) atoms. The molecule has 122 valence electrons. The zero-order chi connectivity index (χ0) is 16.9. The summed E-state index contributed by atoms with van der Waals surface area (Å²) in [6, 6.07) is 13.4. The van der Waals surface area contributed by atoms with Gasteiger partial charge in [-0.15, -0.1) is 10.2 Å². The third-order valence-corrected chi connectivity index (χ3v) is 3.91. The SMILES string of the molecule is O=C(Cc1ccccc1F)OCc1nnc(-c2ccccc2Br)o1. The van der Waals surface area contributed by atoms with E-state index in [4.69, 9.17) is 9.15 Å².